The van der Waals surface area contributed by atoms with Crippen molar-refractivity contribution in [2.24, 2.45) is 5.92 Å². The second-order valence-electron chi connectivity index (χ2n) is 5.43. The third-order valence-corrected chi connectivity index (χ3v) is 3.98. The van der Waals surface area contributed by atoms with Crippen LogP contribution in [0.25, 0.3) is 0 Å². The summed E-state index contributed by atoms with van der Waals surface area (Å²) in [6.45, 7) is 3.05. The first-order chi connectivity index (χ1) is 7.75. The minimum absolute atomic E-state index is 0.207. The summed E-state index contributed by atoms with van der Waals surface area (Å²) in [6, 6.07) is 1.04. The molecule has 3 heteroatoms. The third-order valence-electron chi connectivity index (χ3n) is 3.98. The summed E-state index contributed by atoms with van der Waals surface area (Å²) in [6.07, 6.45) is 8.45. The topological polar surface area (TPSA) is 41.1 Å². The zero-order chi connectivity index (χ0) is 11.4. The maximum absolute atomic E-state index is 12.0. The normalized spacial score (nSPS) is 32.3. The summed E-state index contributed by atoms with van der Waals surface area (Å²) in [5.41, 5.74) is 0. The van der Waals surface area contributed by atoms with Crippen molar-refractivity contribution in [2.45, 2.75) is 64.0 Å². The van der Waals surface area contributed by atoms with Crippen molar-refractivity contribution < 1.29 is 4.79 Å². The van der Waals surface area contributed by atoms with Crippen LogP contribution in [0.4, 0.5) is 0 Å². The molecule has 0 bridgehead atoms. The zero-order valence-corrected chi connectivity index (χ0v) is 10.3. The quantitative estimate of drug-likeness (QED) is 0.751. The number of nitrogens with one attached hydrogen (secondary N) is 2. The first-order valence-electron chi connectivity index (χ1n) is 6.79. The van der Waals surface area contributed by atoms with Crippen LogP contribution in [0.15, 0.2) is 0 Å². The highest BCUT2D eigenvalue weighted by molar-refractivity contribution is 5.79. The van der Waals surface area contributed by atoms with Gasteiger partial charge in [0.2, 0.25) is 5.91 Å². The zero-order valence-electron chi connectivity index (χ0n) is 10.3. The summed E-state index contributed by atoms with van der Waals surface area (Å²) in [5, 5.41) is 6.61. The Kier molecular flexibility index (Phi) is 4.22. The summed E-state index contributed by atoms with van der Waals surface area (Å²) in [4.78, 5) is 12.0. The van der Waals surface area contributed by atoms with Gasteiger partial charge in [-0.1, -0.05) is 19.3 Å². The van der Waals surface area contributed by atoms with E-state index < -0.39 is 0 Å². The molecule has 0 aromatic heterocycles. The van der Waals surface area contributed by atoms with E-state index in [1.807, 2.05) is 0 Å². The van der Waals surface area contributed by atoms with Gasteiger partial charge in [0.1, 0.15) is 0 Å². The minimum Gasteiger partial charge on any atom is -0.353 e. The molecule has 1 saturated carbocycles. The molecule has 16 heavy (non-hydrogen) atoms. The molecule has 1 aliphatic heterocycles. The first kappa shape index (κ1) is 11.9. The van der Waals surface area contributed by atoms with Crippen molar-refractivity contribution in [1.82, 2.24) is 10.6 Å². The Morgan fingerprint density at radius 1 is 1.12 bits per heavy atom. The van der Waals surface area contributed by atoms with E-state index in [0.717, 1.165) is 19.4 Å². The summed E-state index contributed by atoms with van der Waals surface area (Å²) >= 11 is 0. The molecule has 1 heterocycles. The highest BCUT2D eigenvalue weighted by Crippen LogP contribution is 2.19. The molecule has 0 radical (unpaired) electrons. The average molecular weight is 224 g/mol. The Labute approximate surface area is 98.4 Å². The number of piperidine rings is 1. The molecule has 2 atom stereocenters. The molecular weight excluding hydrogens is 200 g/mol. The second kappa shape index (κ2) is 5.67. The standard InChI is InChI=1S/C13H24N2O/c1-10-7-8-11(9-14-10)13(16)15-12-5-3-2-4-6-12/h10-12,14H,2-9H2,1H3,(H,15,16). The van der Waals surface area contributed by atoms with Crippen molar-refractivity contribution in [2.75, 3.05) is 6.54 Å². The van der Waals surface area contributed by atoms with E-state index in [0.29, 0.717) is 12.1 Å². The highest BCUT2D eigenvalue weighted by Gasteiger charge is 2.25. The average Bonchev–Trinajstić information content (AvgIpc) is 2.31. The number of amides is 1. The van der Waals surface area contributed by atoms with Crippen LogP contribution in [-0.4, -0.2) is 24.5 Å². The van der Waals surface area contributed by atoms with Gasteiger partial charge in [0.25, 0.3) is 0 Å². The lowest BCUT2D eigenvalue weighted by Gasteiger charge is -2.29. The lowest BCUT2D eigenvalue weighted by molar-refractivity contribution is -0.126. The fourth-order valence-corrected chi connectivity index (χ4v) is 2.79. The SMILES string of the molecule is CC1CCC(C(=O)NC2CCCCC2)CN1. The van der Waals surface area contributed by atoms with Gasteiger partial charge in [-0.3, -0.25) is 4.79 Å². The van der Waals surface area contributed by atoms with Crippen molar-refractivity contribution >= 4 is 5.91 Å². The fraction of sp³-hybridized carbons (Fsp3) is 0.923. The molecule has 0 aromatic carbocycles. The molecule has 3 nitrogen and oxygen atoms in total. The van der Waals surface area contributed by atoms with E-state index in [4.69, 9.17) is 0 Å². The summed E-state index contributed by atoms with van der Waals surface area (Å²) < 4.78 is 0. The molecule has 92 valence electrons. The van der Waals surface area contributed by atoms with Gasteiger partial charge in [-0.2, -0.15) is 0 Å². The van der Waals surface area contributed by atoms with Crippen LogP contribution in [-0.2, 0) is 4.79 Å². The minimum atomic E-state index is 0.207. The molecule has 2 unspecified atom stereocenters. The molecule has 2 rings (SSSR count). The lowest BCUT2D eigenvalue weighted by atomic mass is 9.92. The third kappa shape index (κ3) is 3.21. The van der Waals surface area contributed by atoms with Crippen LogP contribution in [0.2, 0.25) is 0 Å². The van der Waals surface area contributed by atoms with E-state index in [9.17, 15) is 4.79 Å². The van der Waals surface area contributed by atoms with Crippen LogP contribution in [0, 0.1) is 5.92 Å². The molecule has 0 aromatic rings. The number of carbonyl (C=O) groups is 1. The van der Waals surface area contributed by atoms with Gasteiger partial charge in [0.15, 0.2) is 0 Å². The lowest BCUT2D eigenvalue weighted by Crippen LogP contribution is -2.47. The molecule has 1 saturated heterocycles. The van der Waals surface area contributed by atoms with Gasteiger partial charge in [-0.15, -0.1) is 0 Å². The smallest absolute Gasteiger partial charge is 0.224 e. The van der Waals surface area contributed by atoms with E-state index in [2.05, 4.69) is 17.6 Å². The largest absolute Gasteiger partial charge is 0.353 e. The maximum atomic E-state index is 12.0. The van der Waals surface area contributed by atoms with Crippen LogP contribution >= 0.6 is 0 Å². The van der Waals surface area contributed by atoms with Gasteiger partial charge in [0, 0.05) is 18.6 Å². The van der Waals surface area contributed by atoms with Crippen molar-refractivity contribution in [3.63, 3.8) is 0 Å². The van der Waals surface area contributed by atoms with Gasteiger partial charge >= 0.3 is 0 Å². The number of rotatable bonds is 2. The predicted octanol–water partition coefficient (Wildman–Crippen LogP) is 1.82. The van der Waals surface area contributed by atoms with Gasteiger partial charge in [0.05, 0.1) is 5.92 Å². The molecule has 2 fully saturated rings. The molecular formula is C13H24N2O. The Bertz CT molecular complexity index is 228. The van der Waals surface area contributed by atoms with Gasteiger partial charge in [-0.05, 0) is 32.6 Å². The van der Waals surface area contributed by atoms with E-state index in [-0.39, 0.29) is 11.8 Å². The fourth-order valence-electron chi connectivity index (χ4n) is 2.79. The van der Waals surface area contributed by atoms with E-state index in [1.54, 1.807) is 0 Å². The molecule has 2 aliphatic rings. The van der Waals surface area contributed by atoms with Crippen LogP contribution in [0.1, 0.15) is 51.9 Å². The Morgan fingerprint density at radius 2 is 1.88 bits per heavy atom. The molecule has 0 spiro atoms. The van der Waals surface area contributed by atoms with Crippen LogP contribution < -0.4 is 10.6 Å². The monoisotopic (exact) mass is 224 g/mol. The molecule has 2 N–H and O–H groups in total. The highest BCUT2D eigenvalue weighted by atomic mass is 16.2. The van der Waals surface area contributed by atoms with Crippen molar-refractivity contribution in [1.29, 1.82) is 0 Å². The summed E-state index contributed by atoms with van der Waals surface area (Å²) in [7, 11) is 0. The summed E-state index contributed by atoms with van der Waals surface area (Å²) in [5.74, 6) is 0.490. The van der Waals surface area contributed by atoms with Crippen molar-refractivity contribution in [3.05, 3.63) is 0 Å². The Hall–Kier alpha value is -0.570. The van der Waals surface area contributed by atoms with Crippen molar-refractivity contribution in [3.8, 4) is 0 Å². The predicted molar refractivity (Wildman–Crippen MR) is 65.2 cm³/mol. The molecule has 1 amide bonds. The van der Waals surface area contributed by atoms with Crippen LogP contribution in [0.5, 0.6) is 0 Å². The number of carbonyl (C=O) groups excluding carboxylic acids is 1. The van der Waals surface area contributed by atoms with Crippen LogP contribution in [0.3, 0.4) is 0 Å². The van der Waals surface area contributed by atoms with E-state index in [1.165, 1.54) is 32.1 Å². The van der Waals surface area contributed by atoms with Gasteiger partial charge in [-0.25, -0.2) is 0 Å². The Balaban J connectivity index is 1.74. The maximum Gasteiger partial charge on any atom is 0.224 e. The Morgan fingerprint density at radius 3 is 2.50 bits per heavy atom. The first-order valence-corrected chi connectivity index (χ1v) is 6.79. The van der Waals surface area contributed by atoms with Gasteiger partial charge < -0.3 is 10.6 Å². The second-order valence-corrected chi connectivity index (χ2v) is 5.43. The number of hydrogen-bond donors (Lipinski definition) is 2. The van der Waals surface area contributed by atoms with E-state index >= 15 is 0 Å². The number of hydrogen-bond acceptors (Lipinski definition) is 2. The molecule has 1 aliphatic carbocycles.